The second kappa shape index (κ2) is 6.05. The van der Waals surface area contributed by atoms with E-state index >= 15 is 0 Å². The van der Waals surface area contributed by atoms with E-state index in [4.69, 9.17) is 5.73 Å². The van der Waals surface area contributed by atoms with Gasteiger partial charge in [-0.05, 0) is 18.1 Å². The lowest BCUT2D eigenvalue weighted by Gasteiger charge is -2.18. The molecule has 0 heterocycles. The van der Waals surface area contributed by atoms with Crippen molar-refractivity contribution in [1.29, 1.82) is 0 Å². The number of benzene rings is 1. The second-order valence-electron chi connectivity index (χ2n) is 4.19. The van der Waals surface area contributed by atoms with Crippen LogP contribution in [0.15, 0.2) is 24.3 Å². The molecule has 0 saturated carbocycles. The molecule has 0 amide bonds. The van der Waals surface area contributed by atoms with Crippen molar-refractivity contribution >= 4 is 0 Å². The summed E-state index contributed by atoms with van der Waals surface area (Å²) < 4.78 is 38.2. The Labute approximate surface area is 99.8 Å². The smallest absolute Gasteiger partial charge is 0.324 e. The van der Waals surface area contributed by atoms with Crippen molar-refractivity contribution in [2.45, 2.75) is 44.8 Å². The molecule has 0 fully saturated rings. The molecule has 0 spiro atoms. The number of nitrogens with two attached hydrogens (primary N) is 1. The molecule has 1 nitrogen and oxygen atoms in total. The third-order valence-electron chi connectivity index (χ3n) is 2.78. The SMILES string of the molecule is CCCCCC(N)c1ccccc1C(F)(F)F. The maximum Gasteiger partial charge on any atom is 0.416 e. The van der Waals surface area contributed by atoms with Gasteiger partial charge in [-0.2, -0.15) is 13.2 Å². The van der Waals surface area contributed by atoms with E-state index < -0.39 is 17.8 Å². The minimum Gasteiger partial charge on any atom is -0.324 e. The van der Waals surface area contributed by atoms with Gasteiger partial charge in [-0.3, -0.25) is 0 Å². The van der Waals surface area contributed by atoms with E-state index in [9.17, 15) is 13.2 Å². The van der Waals surface area contributed by atoms with Crippen LogP contribution in [0.3, 0.4) is 0 Å². The number of hydrogen-bond donors (Lipinski definition) is 1. The van der Waals surface area contributed by atoms with Crippen LogP contribution in [0.4, 0.5) is 13.2 Å². The Kier molecular flexibility index (Phi) is 5.00. The molecule has 96 valence electrons. The van der Waals surface area contributed by atoms with Gasteiger partial charge in [0.05, 0.1) is 5.56 Å². The quantitative estimate of drug-likeness (QED) is 0.769. The fourth-order valence-corrected chi connectivity index (χ4v) is 1.85. The maximum atomic E-state index is 12.7. The van der Waals surface area contributed by atoms with Gasteiger partial charge in [-0.1, -0.05) is 44.4 Å². The summed E-state index contributed by atoms with van der Waals surface area (Å²) in [6.45, 7) is 2.05. The number of halogens is 3. The fraction of sp³-hybridized carbons (Fsp3) is 0.538. The average Bonchev–Trinajstić information content (AvgIpc) is 2.28. The number of unbranched alkanes of at least 4 members (excludes halogenated alkanes) is 2. The Balaban J connectivity index is 2.82. The summed E-state index contributed by atoms with van der Waals surface area (Å²) in [5.74, 6) is 0. The monoisotopic (exact) mass is 245 g/mol. The molecule has 0 aliphatic heterocycles. The van der Waals surface area contributed by atoms with Crippen LogP contribution in [0.1, 0.15) is 49.8 Å². The first kappa shape index (κ1) is 14.0. The van der Waals surface area contributed by atoms with Crippen LogP contribution in [-0.4, -0.2) is 0 Å². The van der Waals surface area contributed by atoms with Crippen LogP contribution in [0.5, 0.6) is 0 Å². The number of hydrogen-bond acceptors (Lipinski definition) is 1. The van der Waals surface area contributed by atoms with Gasteiger partial charge in [-0.15, -0.1) is 0 Å². The van der Waals surface area contributed by atoms with Crippen LogP contribution in [0.25, 0.3) is 0 Å². The highest BCUT2D eigenvalue weighted by atomic mass is 19.4. The van der Waals surface area contributed by atoms with Crippen LogP contribution >= 0.6 is 0 Å². The fourth-order valence-electron chi connectivity index (χ4n) is 1.85. The first-order valence-corrected chi connectivity index (χ1v) is 5.88. The van der Waals surface area contributed by atoms with Gasteiger partial charge in [-0.25, -0.2) is 0 Å². The minimum absolute atomic E-state index is 0.205. The first-order valence-electron chi connectivity index (χ1n) is 5.88. The molecular weight excluding hydrogens is 227 g/mol. The third-order valence-corrected chi connectivity index (χ3v) is 2.78. The molecule has 4 heteroatoms. The molecule has 0 aliphatic carbocycles. The van der Waals surface area contributed by atoms with E-state index in [0.717, 1.165) is 25.3 Å². The Morgan fingerprint density at radius 1 is 1.18 bits per heavy atom. The third kappa shape index (κ3) is 4.04. The summed E-state index contributed by atoms with van der Waals surface area (Å²) in [7, 11) is 0. The van der Waals surface area contributed by atoms with Crippen LogP contribution in [0, 0.1) is 0 Å². The highest BCUT2D eigenvalue weighted by Gasteiger charge is 2.34. The van der Waals surface area contributed by atoms with Crippen LogP contribution in [0.2, 0.25) is 0 Å². The van der Waals surface area contributed by atoms with E-state index in [1.807, 2.05) is 0 Å². The Morgan fingerprint density at radius 2 is 1.82 bits per heavy atom. The molecule has 0 aliphatic rings. The van der Waals surface area contributed by atoms with Gasteiger partial charge in [0.15, 0.2) is 0 Å². The van der Waals surface area contributed by atoms with Crippen molar-refractivity contribution in [2.24, 2.45) is 5.73 Å². The lowest BCUT2D eigenvalue weighted by atomic mass is 9.96. The normalized spacial score (nSPS) is 13.7. The summed E-state index contributed by atoms with van der Waals surface area (Å²) in [4.78, 5) is 0. The molecule has 1 rings (SSSR count). The van der Waals surface area contributed by atoms with Crippen molar-refractivity contribution in [2.75, 3.05) is 0 Å². The molecule has 1 atom stereocenters. The van der Waals surface area contributed by atoms with Gasteiger partial charge in [0, 0.05) is 6.04 Å². The second-order valence-corrected chi connectivity index (χ2v) is 4.19. The molecule has 0 radical (unpaired) electrons. The van der Waals surface area contributed by atoms with Crippen molar-refractivity contribution in [3.63, 3.8) is 0 Å². The first-order chi connectivity index (χ1) is 7.96. The molecular formula is C13H18F3N. The average molecular weight is 245 g/mol. The summed E-state index contributed by atoms with van der Waals surface area (Å²) in [6.07, 6.45) is -0.820. The molecule has 1 aromatic rings. The van der Waals surface area contributed by atoms with Crippen LogP contribution < -0.4 is 5.73 Å². The number of alkyl halides is 3. The molecule has 2 N–H and O–H groups in total. The van der Waals surface area contributed by atoms with Crippen molar-refractivity contribution in [1.82, 2.24) is 0 Å². The zero-order valence-electron chi connectivity index (χ0n) is 9.93. The van der Waals surface area contributed by atoms with Gasteiger partial charge in [0.2, 0.25) is 0 Å². The predicted molar refractivity (Wildman–Crippen MR) is 62.5 cm³/mol. The van der Waals surface area contributed by atoms with Crippen molar-refractivity contribution in [3.8, 4) is 0 Å². The lowest BCUT2D eigenvalue weighted by Crippen LogP contribution is -2.17. The summed E-state index contributed by atoms with van der Waals surface area (Å²) in [5, 5.41) is 0. The van der Waals surface area contributed by atoms with E-state index in [0.29, 0.717) is 6.42 Å². The Morgan fingerprint density at radius 3 is 2.41 bits per heavy atom. The zero-order valence-corrected chi connectivity index (χ0v) is 9.93. The van der Waals surface area contributed by atoms with Gasteiger partial charge in [0.1, 0.15) is 0 Å². The standard InChI is InChI=1S/C13H18F3N/c1-2-3-4-9-12(17)10-7-5-6-8-11(10)13(14,15)16/h5-8,12H,2-4,9,17H2,1H3. The highest BCUT2D eigenvalue weighted by Crippen LogP contribution is 2.34. The highest BCUT2D eigenvalue weighted by molar-refractivity contribution is 5.32. The number of rotatable bonds is 5. The van der Waals surface area contributed by atoms with Gasteiger partial charge >= 0.3 is 6.18 Å². The molecule has 0 saturated heterocycles. The van der Waals surface area contributed by atoms with E-state index in [-0.39, 0.29) is 5.56 Å². The van der Waals surface area contributed by atoms with E-state index in [1.165, 1.54) is 12.1 Å². The maximum absolute atomic E-state index is 12.7. The van der Waals surface area contributed by atoms with Crippen LogP contribution in [-0.2, 0) is 6.18 Å². The zero-order chi connectivity index (χ0) is 12.9. The van der Waals surface area contributed by atoms with E-state index in [2.05, 4.69) is 6.92 Å². The summed E-state index contributed by atoms with van der Waals surface area (Å²) >= 11 is 0. The van der Waals surface area contributed by atoms with Crippen molar-refractivity contribution < 1.29 is 13.2 Å². The molecule has 17 heavy (non-hydrogen) atoms. The predicted octanol–water partition coefficient (Wildman–Crippen LogP) is 4.29. The Hall–Kier alpha value is -1.03. The molecule has 0 aromatic heterocycles. The topological polar surface area (TPSA) is 26.0 Å². The van der Waals surface area contributed by atoms with Gasteiger partial charge in [0.25, 0.3) is 0 Å². The largest absolute Gasteiger partial charge is 0.416 e. The van der Waals surface area contributed by atoms with Crippen molar-refractivity contribution in [3.05, 3.63) is 35.4 Å². The molecule has 1 aromatic carbocycles. The Bertz CT molecular complexity index is 347. The van der Waals surface area contributed by atoms with Gasteiger partial charge < -0.3 is 5.73 Å². The lowest BCUT2D eigenvalue weighted by molar-refractivity contribution is -0.138. The van der Waals surface area contributed by atoms with E-state index in [1.54, 1.807) is 6.07 Å². The summed E-state index contributed by atoms with van der Waals surface area (Å²) in [6, 6.07) is 5.03. The summed E-state index contributed by atoms with van der Waals surface area (Å²) in [5.41, 5.74) is 5.43. The molecule has 0 bridgehead atoms. The minimum atomic E-state index is -4.32. The molecule has 1 unspecified atom stereocenters.